The highest BCUT2D eigenvalue weighted by molar-refractivity contribution is 5.21. The van der Waals surface area contributed by atoms with Crippen molar-refractivity contribution >= 4 is 0 Å². The van der Waals surface area contributed by atoms with Gasteiger partial charge in [0.05, 0.1) is 18.4 Å². The van der Waals surface area contributed by atoms with Crippen molar-refractivity contribution < 1.29 is 4.74 Å². The molecule has 1 aromatic heterocycles. The second-order valence-electron chi connectivity index (χ2n) is 6.46. The summed E-state index contributed by atoms with van der Waals surface area (Å²) in [6, 6.07) is 0. The van der Waals surface area contributed by atoms with E-state index in [4.69, 9.17) is 9.84 Å². The van der Waals surface area contributed by atoms with Crippen molar-refractivity contribution in [1.82, 2.24) is 14.7 Å². The number of aryl methyl sites for hydroxylation is 1. The highest BCUT2D eigenvalue weighted by Gasteiger charge is 2.24. The third-order valence-corrected chi connectivity index (χ3v) is 4.65. The fourth-order valence-corrected chi connectivity index (χ4v) is 3.67. The average Bonchev–Trinajstić information content (AvgIpc) is 2.80. The quantitative estimate of drug-likeness (QED) is 0.851. The first-order valence-electron chi connectivity index (χ1n) is 8.09. The lowest BCUT2D eigenvalue weighted by molar-refractivity contribution is -0.0213. The molecule has 20 heavy (non-hydrogen) atoms. The summed E-state index contributed by atoms with van der Waals surface area (Å²) in [7, 11) is 2.05. The molecule has 2 fully saturated rings. The number of rotatable bonds is 3. The number of hydrogen-bond acceptors (Lipinski definition) is 3. The molecule has 4 nitrogen and oxygen atoms in total. The van der Waals surface area contributed by atoms with Crippen LogP contribution in [0.15, 0.2) is 6.20 Å². The van der Waals surface area contributed by atoms with Gasteiger partial charge in [0, 0.05) is 44.4 Å². The zero-order chi connectivity index (χ0) is 13.9. The van der Waals surface area contributed by atoms with Crippen LogP contribution in [0.4, 0.5) is 0 Å². The molecule has 0 unspecified atom stereocenters. The Balaban J connectivity index is 1.71. The minimum absolute atomic E-state index is 0.360. The van der Waals surface area contributed by atoms with Gasteiger partial charge in [0.1, 0.15) is 0 Å². The summed E-state index contributed by atoms with van der Waals surface area (Å²) < 4.78 is 7.64. The van der Waals surface area contributed by atoms with Crippen molar-refractivity contribution in [2.45, 2.75) is 57.6 Å². The van der Waals surface area contributed by atoms with E-state index in [0.29, 0.717) is 12.0 Å². The molecular weight excluding hydrogens is 250 g/mol. The first-order valence-corrected chi connectivity index (χ1v) is 8.09. The minimum atomic E-state index is 0.360. The van der Waals surface area contributed by atoms with E-state index in [1.165, 1.54) is 43.4 Å². The van der Waals surface area contributed by atoms with Gasteiger partial charge in [-0.15, -0.1) is 0 Å². The van der Waals surface area contributed by atoms with Gasteiger partial charge in [-0.05, 0) is 19.8 Å². The van der Waals surface area contributed by atoms with Crippen LogP contribution in [0.5, 0.6) is 0 Å². The molecule has 112 valence electrons. The molecule has 4 heteroatoms. The van der Waals surface area contributed by atoms with Gasteiger partial charge in [0.25, 0.3) is 0 Å². The van der Waals surface area contributed by atoms with Crippen molar-refractivity contribution in [3.8, 4) is 0 Å². The maximum atomic E-state index is 5.64. The molecule has 0 N–H and O–H groups in total. The van der Waals surface area contributed by atoms with Gasteiger partial charge < -0.3 is 4.74 Å². The predicted molar refractivity (Wildman–Crippen MR) is 79.7 cm³/mol. The van der Waals surface area contributed by atoms with E-state index in [1.807, 2.05) is 4.68 Å². The Morgan fingerprint density at radius 1 is 1.30 bits per heavy atom. The molecular formula is C16H27N3O. The monoisotopic (exact) mass is 277 g/mol. The molecule has 1 aromatic rings. The number of ether oxygens (including phenoxy) is 1. The van der Waals surface area contributed by atoms with Gasteiger partial charge in [-0.25, -0.2) is 0 Å². The Bertz CT molecular complexity index is 437. The molecule has 1 atom stereocenters. The van der Waals surface area contributed by atoms with Gasteiger partial charge in [-0.1, -0.05) is 19.3 Å². The second-order valence-corrected chi connectivity index (χ2v) is 6.46. The summed E-state index contributed by atoms with van der Waals surface area (Å²) >= 11 is 0. The van der Waals surface area contributed by atoms with Gasteiger partial charge in [-0.3, -0.25) is 9.58 Å². The Hall–Kier alpha value is -0.870. The second kappa shape index (κ2) is 6.27. The molecule has 3 rings (SSSR count). The third kappa shape index (κ3) is 3.23. The molecule has 0 radical (unpaired) electrons. The van der Waals surface area contributed by atoms with Crippen LogP contribution in [0.3, 0.4) is 0 Å². The largest absolute Gasteiger partial charge is 0.376 e. The molecule has 1 aliphatic heterocycles. The highest BCUT2D eigenvalue weighted by Crippen LogP contribution is 2.33. The van der Waals surface area contributed by atoms with Gasteiger partial charge in [0.2, 0.25) is 0 Å². The lowest BCUT2D eigenvalue weighted by atomic mass is 9.85. The van der Waals surface area contributed by atoms with Crippen molar-refractivity contribution in [3.63, 3.8) is 0 Å². The summed E-state index contributed by atoms with van der Waals surface area (Å²) in [5.41, 5.74) is 2.81. The fourth-order valence-electron chi connectivity index (χ4n) is 3.67. The molecule has 0 spiro atoms. The molecule has 1 saturated heterocycles. The topological polar surface area (TPSA) is 30.3 Å². The smallest absolute Gasteiger partial charge is 0.0700 e. The van der Waals surface area contributed by atoms with Crippen LogP contribution in [0, 0.1) is 0 Å². The van der Waals surface area contributed by atoms with Crippen LogP contribution in [-0.4, -0.2) is 40.5 Å². The molecule has 1 saturated carbocycles. The summed E-state index contributed by atoms with van der Waals surface area (Å²) in [4.78, 5) is 2.51. The summed E-state index contributed by atoms with van der Waals surface area (Å²) in [6.45, 7) is 6.15. The van der Waals surface area contributed by atoms with Crippen molar-refractivity contribution in [3.05, 3.63) is 17.5 Å². The van der Waals surface area contributed by atoms with E-state index in [1.54, 1.807) is 0 Å². The highest BCUT2D eigenvalue weighted by atomic mass is 16.5. The van der Waals surface area contributed by atoms with Crippen LogP contribution >= 0.6 is 0 Å². The molecule has 1 aliphatic carbocycles. The molecule has 0 bridgehead atoms. The average molecular weight is 277 g/mol. The molecule has 0 aromatic carbocycles. The van der Waals surface area contributed by atoms with Crippen molar-refractivity contribution in [2.75, 3.05) is 19.7 Å². The van der Waals surface area contributed by atoms with E-state index in [9.17, 15) is 0 Å². The lowest BCUT2D eigenvalue weighted by Gasteiger charge is -2.31. The number of nitrogens with zero attached hydrogens (tertiary/aromatic N) is 3. The van der Waals surface area contributed by atoms with E-state index < -0.39 is 0 Å². The molecule has 0 amide bonds. The van der Waals surface area contributed by atoms with Crippen LogP contribution in [0.2, 0.25) is 0 Å². The van der Waals surface area contributed by atoms with Crippen molar-refractivity contribution in [2.24, 2.45) is 7.05 Å². The van der Waals surface area contributed by atoms with Crippen molar-refractivity contribution in [1.29, 1.82) is 0 Å². The van der Waals surface area contributed by atoms with E-state index in [0.717, 1.165) is 26.2 Å². The minimum Gasteiger partial charge on any atom is -0.376 e. The maximum absolute atomic E-state index is 5.64. The van der Waals surface area contributed by atoms with Gasteiger partial charge in [0.15, 0.2) is 0 Å². The van der Waals surface area contributed by atoms with Crippen LogP contribution in [0.1, 0.15) is 56.2 Å². The normalized spacial score (nSPS) is 26.0. The number of hydrogen-bond donors (Lipinski definition) is 0. The van der Waals surface area contributed by atoms with Crippen LogP contribution < -0.4 is 0 Å². The van der Waals surface area contributed by atoms with Gasteiger partial charge in [-0.2, -0.15) is 5.10 Å². The Morgan fingerprint density at radius 3 is 2.85 bits per heavy atom. The maximum Gasteiger partial charge on any atom is 0.0700 e. The van der Waals surface area contributed by atoms with Crippen LogP contribution in [-0.2, 0) is 18.3 Å². The lowest BCUT2D eigenvalue weighted by Crippen LogP contribution is -2.40. The Morgan fingerprint density at radius 2 is 2.10 bits per heavy atom. The Kier molecular flexibility index (Phi) is 4.41. The number of morpholine rings is 1. The fraction of sp³-hybridized carbons (Fsp3) is 0.812. The zero-order valence-electron chi connectivity index (χ0n) is 12.8. The number of aromatic nitrogens is 2. The summed E-state index contributed by atoms with van der Waals surface area (Å²) in [6.07, 6.45) is 9.37. The van der Waals surface area contributed by atoms with E-state index in [-0.39, 0.29) is 0 Å². The first-order chi connectivity index (χ1) is 9.72. The van der Waals surface area contributed by atoms with E-state index in [2.05, 4.69) is 25.1 Å². The summed E-state index contributed by atoms with van der Waals surface area (Å²) in [5.74, 6) is 0.693. The third-order valence-electron chi connectivity index (χ3n) is 4.65. The first kappa shape index (κ1) is 14.1. The predicted octanol–water partition coefficient (Wildman–Crippen LogP) is 2.69. The SMILES string of the molecule is C[C@@H]1CN(Cc2cn(C)nc2C2CCCCC2)CCO1. The van der Waals surface area contributed by atoms with E-state index >= 15 is 0 Å². The van der Waals surface area contributed by atoms with Gasteiger partial charge >= 0.3 is 0 Å². The molecule has 2 heterocycles. The molecule has 2 aliphatic rings. The standard InChI is InChI=1S/C16H27N3O/c1-13-10-19(8-9-20-13)12-15-11-18(2)17-16(15)14-6-4-3-5-7-14/h11,13-14H,3-10,12H2,1-2H3/t13-/m1/s1. The summed E-state index contributed by atoms with van der Waals surface area (Å²) in [5, 5.41) is 4.78. The Labute approximate surface area is 122 Å². The van der Waals surface area contributed by atoms with Crippen LogP contribution in [0.25, 0.3) is 0 Å². The zero-order valence-corrected chi connectivity index (χ0v) is 12.8.